The van der Waals surface area contributed by atoms with Crippen LogP contribution in [0, 0.1) is 12.3 Å². The van der Waals surface area contributed by atoms with Gasteiger partial charge in [-0.2, -0.15) is 11.8 Å². The van der Waals surface area contributed by atoms with Gasteiger partial charge in [0.15, 0.2) is 0 Å². The van der Waals surface area contributed by atoms with E-state index in [1.54, 1.807) is 0 Å². The van der Waals surface area contributed by atoms with Crippen LogP contribution in [0.3, 0.4) is 0 Å². The largest absolute Gasteiger partial charge is 0.161 e. The Hall–Kier alpha value is -0.0900. The minimum absolute atomic E-state index is 0.632. The summed E-state index contributed by atoms with van der Waals surface area (Å²) < 4.78 is 0. The molecule has 1 heteroatoms. The molecule has 0 aliphatic heterocycles. The molecule has 1 unspecified atom stereocenters. The first kappa shape index (κ1) is 8.91. The van der Waals surface area contributed by atoms with Crippen LogP contribution < -0.4 is 0 Å². The average molecular weight is 141 g/mol. The summed E-state index contributed by atoms with van der Waals surface area (Å²) in [5.41, 5.74) is 0. The Kier molecular flexibility index (Phi) is 5.98. The molecule has 0 saturated carbocycles. The summed E-state index contributed by atoms with van der Waals surface area (Å²) in [6.07, 6.45) is 12.1. The molecule has 0 aromatic heterocycles. The molecule has 0 heterocycles. The Balaban J connectivity index is 3.32. The molecule has 0 amide bonds. The minimum atomic E-state index is 0.632. The highest BCUT2D eigenvalue weighted by molar-refractivity contribution is 7.99. The molecule has 1 atom stereocenters. The van der Waals surface area contributed by atoms with Crippen LogP contribution in [0.1, 0.15) is 26.2 Å². The predicted octanol–water partition coefficient (Wildman–Crippen LogP) is 2.50. The highest BCUT2D eigenvalue weighted by atomic mass is 32.2. The molecular formula is C8H13S. The predicted molar refractivity (Wildman–Crippen MR) is 44.0 cm³/mol. The molecule has 51 valence electrons. The van der Waals surface area contributed by atoms with E-state index in [0.717, 1.165) is 6.42 Å². The molecule has 0 aromatic rings. The number of hydrogen-bond donors (Lipinski definition) is 0. The summed E-state index contributed by atoms with van der Waals surface area (Å²) in [5, 5.41) is 0.632. The third kappa shape index (κ3) is 4.42. The first-order chi connectivity index (χ1) is 4.35. The van der Waals surface area contributed by atoms with Gasteiger partial charge in [0.2, 0.25) is 0 Å². The Morgan fingerprint density at radius 3 is 2.67 bits per heavy atom. The molecule has 0 aliphatic rings. The van der Waals surface area contributed by atoms with Gasteiger partial charge in [0, 0.05) is 11.7 Å². The highest BCUT2D eigenvalue weighted by Crippen LogP contribution is 2.15. The quantitative estimate of drug-likeness (QED) is 0.542. The number of hydrogen-bond acceptors (Lipinski definition) is 1. The molecule has 0 spiro atoms. The van der Waals surface area contributed by atoms with E-state index in [0.29, 0.717) is 5.25 Å². The van der Waals surface area contributed by atoms with Crippen LogP contribution in [0.15, 0.2) is 0 Å². The van der Waals surface area contributed by atoms with Crippen molar-refractivity contribution in [3.05, 3.63) is 6.42 Å². The summed E-state index contributed by atoms with van der Waals surface area (Å²) in [6, 6.07) is 0. The van der Waals surface area contributed by atoms with Gasteiger partial charge in [-0.3, -0.25) is 0 Å². The second kappa shape index (κ2) is 6.04. The second-order valence-electron chi connectivity index (χ2n) is 2.03. The maximum Gasteiger partial charge on any atom is 0.0218 e. The Morgan fingerprint density at radius 2 is 2.33 bits per heavy atom. The van der Waals surface area contributed by atoms with Gasteiger partial charge in [0.25, 0.3) is 0 Å². The van der Waals surface area contributed by atoms with Gasteiger partial charge in [-0.25, -0.2) is 0 Å². The van der Waals surface area contributed by atoms with Gasteiger partial charge < -0.3 is 0 Å². The van der Waals surface area contributed by atoms with Crippen molar-refractivity contribution in [2.24, 2.45) is 0 Å². The second-order valence-corrected chi connectivity index (χ2v) is 3.17. The lowest BCUT2D eigenvalue weighted by atomic mass is 10.2. The lowest BCUT2D eigenvalue weighted by molar-refractivity contribution is 0.755. The summed E-state index contributed by atoms with van der Waals surface area (Å²) in [5.74, 6) is 2.43. The molecule has 0 aromatic carbocycles. The van der Waals surface area contributed by atoms with E-state index >= 15 is 0 Å². The van der Waals surface area contributed by atoms with E-state index < -0.39 is 0 Å². The average Bonchev–Trinajstić information content (AvgIpc) is 1.88. The maximum absolute atomic E-state index is 6.75. The van der Waals surface area contributed by atoms with Crippen molar-refractivity contribution in [1.82, 2.24) is 0 Å². The summed E-state index contributed by atoms with van der Waals surface area (Å²) in [6.45, 7) is 2.17. The molecule has 0 nitrogen and oxygen atoms in total. The van der Waals surface area contributed by atoms with Gasteiger partial charge in [-0.05, 0) is 19.1 Å². The SMILES string of the molecule is [C]#CCC(CCC)SC. The molecule has 0 saturated heterocycles. The van der Waals surface area contributed by atoms with E-state index in [1.807, 2.05) is 11.8 Å². The Morgan fingerprint density at radius 1 is 1.67 bits per heavy atom. The van der Waals surface area contributed by atoms with Crippen molar-refractivity contribution in [3.8, 4) is 5.92 Å². The van der Waals surface area contributed by atoms with Crippen LogP contribution in [0.2, 0.25) is 0 Å². The molecule has 0 rings (SSSR count). The Bertz CT molecular complexity index is 91.2. The molecular weight excluding hydrogens is 128 g/mol. The smallest absolute Gasteiger partial charge is 0.0218 e. The van der Waals surface area contributed by atoms with Crippen LogP contribution >= 0.6 is 11.8 Å². The van der Waals surface area contributed by atoms with Gasteiger partial charge >= 0.3 is 0 Å². The van der Waals surface area contributed by atoms with Gasteiger partial charge in [0.1, 0.15) is 0 Å². The fourth-order valence-electron chi connectivity index (χ4n) is 0.739. The van der Waals surface area contributed by atoms with E-state index in [2.05, 4.69) is 19.1 Å². The molecule has 0 aliphatic carbocycles. The molecule has 1 radical (unpaired) electrons. The van der Waals surface area contributed by atoms with Crippen molar-refractivity contribution in [2.45, 2.75) is 31.4 Å². The first-order valence-corrected chi connectivity index (χ1v) is 4.56. The monoisotopic (exact) mass is 141 g/mol. The van der Waals surface area contributed by atoms with Crippen LogP contribution in [-0.2, 0) is 0 Å². The zero-order valence-corrected chi connectivity index (χ0v) is 6.92. The fraction of sp³-hybridized carbons (Fsp3) is 0.750. The Labute approximate surface area is 62.4 Å². The van der Waals surface area contributed by atoms with Crippen molar-refractivity contribution < 1.29 is 0 Å². The van der Waals surface area contributed by atoms with Gasteiger partial charge in [0.05, 0.1) is 0 Å². The van der Waals surface area contributed by atoms with E-state index in [4.69, 9.17) is 6.42 Å². The fourth-order valence-corrected chi connectivity index (χ4v) is 1.46. The van der Waals surface area contributed by atoms with Crippen LogP contribution in [0.5, 0.6) is 0 Å². The van der Waals surface area contributed by atoms with Gasteiger partial charge in [-0.1, -0.05) is 19.3 Å². The summed E-state index contributed by atoms with van der Waals surface area (Å²) in [7, 11) is 0. The molecule has 9 heavy (non-hydrogen) atoms. The third-order valence-electron chi connectivity index (χ3n) is 1.27. The maximum atomic E-state index is 6.75. The van der Waals surface area contributed by atoms with Crippen molar-refractivity contribution >= 4 is 11.8 Å². The lowest BCUT2D eigenvalue weighted by Crippen LogP contribution is -1.98. The van der Waals surface area contributed by atoms with E-state index in [9.17, 15) is 0 Å². The summed E-state index contributed by atoms with van der Waals surface area (Å²) >= 11 is 1.84. The van der Waals surface area contributed by atoms with Crippen molar-refractivity contribution in [3.63, 3.8) is 0 Å². The minimum Gasteiger partial charge on any atom is -0.161 e. The molecule has 0 N–H and O–H groups in total. The summed E-state index contributed by atoms with van der Waals surface area (Å²) in [4.78, 5) is 0. The number of thioether (sulfide) groups is 1. The zero-order chi connectivity index (χ0) is 7.11. The van der Waals surface area contributed by atoms with Gasteiger partial charge in [-0.15, -0.1) is 0 Å². The van der Waals surface area contributed by atoms with Crippen molar-refractivity contribution in [2.75, 3.05) is 6.26 Å². The highest BCUT2D eigenvalue weighted by Gasteiger charge is 2.01. The standard InChI is InChI=1S/C8H13S/c1-4-6-8(9-3)7-5-2/h8H,4,6-7H2,1,3H3. The zero-order valence-electron chi connectivity index (χ0n) is 6.11. The molecule has 0 fully saturated rings. The lowest BCUT2D eigenvalue weighted by Gasteiger charge is -2.07. The van der Waals surface area contributed by atoms with Crippen LogP contribution in [-0.4, -0.2) is 11.5 Å². The van der Waals surface area contributed by atoms with E-state index in [1.165, 1.54) is 12.8 Å². The number of rotatable bonds is 4. The first-order valence-electron chi connectivity index (χ1n) is 3.27. The van der Waals surface area contributed by atoms with E-state index in [-0.39, 0.29) is 0 Å². The normalized spacial score (nSPS) is 12.6. The molecule has 0 bridgehead atoms. The van der Waals surface area contributed by atoms with Crippen molar-refractivity contribution in [1.29, 1.82) is 0 Å². The third-order valence-corrected chi connectivity index (χ3v) is 2.34. The van der Waals surface area contributed by atoms with Crippen LogP contribution in [0.25, 0.3) is 0 Å². The van der Waals surface area contributed by atoms with Crippen LogP contribution in [0.4, 0.5) is 0 Å². The topological polar surface area (TPSA) is 0 Å².